The highest BCUT2D eigenvalue weighted by Crippen LogP contribution is 2.28. The van der Waals surface area contributed by atoms with Crippen LogP contribution in [-0.2, 0) is 14.6 Å². The maximum Gasteiger partial charge on any atom is 0.191 e. The Hall–Kier alpha value is -1.14. The lowest BCUT2D eigenvalue weighted by molar-refractivity contribution is 0.0756. The summed E-state index contributed by atoms with van der Waals surface area (Å²) in [5, 5.41) is 6.63. The van der Waals surface area contributed by atoms with Crippen LogP contribution in [0.3, 0.4) is 0 Å². The molecule has 0 unspecified atom stereocenters. The van der Waals surface area contributed by atoms with Crippen LogP contribution in [-0.4, -0.2) is 71.3 Å². The molecule has 0 aromatic heterocycles. The van der Waals surface area contributed by atoms with Crippen LogP contribution >= 0.6 is 24.0 Å². The van der Waals surface area contributed by atoms with E-state index in [9.17, 15) is 12.8 Å². The van der Waals surface area contributed by atoms with Crippen LogP contribution in [0.1, 0.15) is 25.7 Å². The third-order valence-electron chi connectivity index (χ3n) is 6.00. The molecule has 0 atom stereocenters. The molecule has 170 valence electrons. The Kier molecular flexibility index (Phi) is 9.16. The third kappa shape index (κ3) is 6.19. The molecule has 0 radical (unpaired) electrons. The number of guanidine groups is 1. The molecule has 3 rings (SSSR count). The molecule has 1 aromatic rings. The second-order valence-corrected chi connectivity index (χ2v) is 10.3. The van der Waals surface area contributed by atoms with E-state index in [1.165, 1.54) is 12.3 Å². The van der Waals surface area contributed by atoms with Crippen LogP contribution in [0.2, 0.25) is 0 Å². The molecule has 30 heavy (non-hydrogen) atoms. The Morgan fingerprint density at radius 3 is 2.53 bits per heavy atom. The molecular weight excluding hydrogens is 522 g/mol. The number of rotatable bonds is 5. The van der Waals surface area contributed by atoms with Crippen molar-refractivity contribution in [2.45, 2.75) is 36.5 Å². The first-order valence-corrected chi connectivity index (χ1v) is 12.0. The van der Waals surface area contributed by atoms with Crippen molar-refractivity contribution in [2.75, 3.05) is 51.1 Å². The zero-order valence-corrected chi connectivity index (χ0v) is 20.7. The summed E-state index contributed by atoms with van der Waals surface area (Å²) in [4.78, 5) is 6.45. The fourth-order valence-electron chi connectivity index (χ4n) is 4.01. The van der Waals surface area contributed by atoms with Gasteiger partial charge in [0.2, 0.25) is 0 Å². The summed E-state index contributed by atoms with van der Waals surface area (Å²) in [5.74, 6) is 0.393. The Morgan fingerprint density at radius 1 is 1.30 bits per heavy atom. The number of halogens is 2. The van der Waals surface area contributed by atoms with Crippen molar-refractivity contribution in [3.8, 4) is 0 Å². The van der Waals surface area contributed by atoms with E-state index < -0.39 is 14.6 Å². The van der Waals surface area contributed by atoms with Crippen molar-refractivity contribution in [1.29, 1.82) is 0 Å². The molecule has 2 N–H and O–H groups in total. The minimum absolute atomic E-state index is 0. The highest BCUT2D eigenvalue weighted by Gasteiger charge is 2.42. The molecule has 0 spiro atoms. The summed E-state index contributed by atoms with van der Waals surface area (Å²) in [6, 6.07) is 6.90. The van der Waals surface area contributed by atoms with Gasteiger partial charge in [0.15, 0.2) is 15.8 Å². The van der Waals surface area contributed by atoms with E-state index in [4.69, 9.17) is 4.74 Å². The largest absolute Gasteiger partial charge is 0.381 e. The zero-order valence-electron chi connectivity index (χ0n) is 17.6. The number of ether oxygens (including phenoxy) is 1. The highest BCUT2D eigenvalue weighted by atomic mass is 127. The summed E-state index contributed by atoms with van der Waals surface area (Å²) in [6.45, 7) is 2.88. The molecule has 2 heterocycles. The molecule has 0 saturated carbocycles. The van der Waals surface area contributed by atoms with Gasteiger partial charge in [-0.05, 0) is 43.9 Å². The zero-order chi connectivity index (χ0) is 20.9. The van der Waals surface area contributed by atoms with E-state index >= 15 is 0 Å². The SMILES string of the molecule is CN=C(NCC1(S(C)(=O)=O)CCOCC1)NC1CCN(c2cccc(F)c2)CC1.I. The molecule has 10 heteroatoms. The van der Waals surface area contributed by atoms with Crippen molar-refractivity contribution < 1.29 is 17.5 Å². The van der Waals surface area contributed by atoms with Crippen LogP contribution in [0.15, 0.2) is 29.3 Å². The quantitative estimate of drug-likeness (QED) is 0.330. The number of nitrogens with one attached hydrogen (secondary N) is 2. The lowest BCUT2D eigenvalue weighted by Crippen LogP contribution is -2.55. The van der Waals surface area contributed by atoms with Gasteiger partial charge in [0.25, 0.3) is 0 Å². The van der Waals surface area contributed by atoms with E-state index in [1.54, 1.807) is 19.2 Å². The second-order valence-electron chi connectivity index (χ2n) is 7.88. The van der Waals surface area contributed by atoms with Crippen molar-refractivity contribution in [1.82, 2.24) is 10.6 Å². The normalized spacial score (nSPS) is 20.4. The number of aliphatic imine (C=N–C) groups is 1. The van der Waals surface area contributed by atoms with Gasteiger partial charge in [0, 0.05) is 57.9 Å². The van der Waals surface area contributed by atoms with E-state index in [-0.39, 0.29) is 35.8 Å². The van der Waals surface area contributed by atoms with E-state index in [0.29, 0.717) is 38.6 Å². The fraction of sp³-hybridized carbons (Fsp3) is 0.650. The molecule has 1 aromatic carbocycles. The molecule has 2 fully saturated rings. The Bertz CT molecular complexity index is 823. The summed E-state index contributed by atoms with van der Waals surface area (Å²) in [6.07, 6.45) is 4.06. The smallest absolute Gasteiger partial charge is 0.191 e. The third-order valence-corrected chi connectivity index (χ3v) is 8.13. The number of anilines is 1. The molecule has 2 aliphatic rings. The maximum absolute atomic E-state index is 13.5. The van der Waals surface area contributed by atoms with Gasteiger partial charge in [-0.1, -0.05) is 6.07 Å². The molecule has 0 amide bonds. The fourth-order valence-corrected chi connectivity index (χ4v) is 5.25. The van der Waals surface area contributed by atoms with Crippen LogP contribution in [0.4, 0.5) is 10.1 Å². The summed E-state index contributed by atoms with van der Waals surface area (Å²) >= 11 is 0. The lowest BCUT2D eigenvalue weighted by atomic mass is 9.99. The van der Waals surface area contributed by atoms with Crippen molar-refractivity contribution in [2.24, 2.45) is 4.99 Å². The number of piperidine rings is 1. The summed E-state index contributed by atoms with van der Waals surface area (Å²) in [5.41, 5.74) is 0.903. The molecule has 0 aliphatic carbocycles. The average Bonchev–Trinajstić information content (AvgIpc) is 2.71. The summed E-state index contributed by atoms with van der Waals surface area (Å²) < 4.78 is 42.8. The predicted octanol–water partition coefficient (Wildman–Crippen LogP) is 2.17. The molecular formula is C20H32FIN4O3S. The first-order chi connectivity index (χ1) is 13.8. The number of hydrogen-bond acceptors (Lipinski definition) is 5. The minimum atomic E-state index is -3.23. The van der Waals surface area contributed by atoms with Crippen LogP contribution < -0.4 is 15.5 Å². The molecule has 7 nitrogen and oxygen atoms in total. The van der Waals surface area contributed by atoms with E-state index in [1.807, 2.05) is 6.07 Å². The highest BCUT2D eigenvalue weighted by molar-refractivity contribution is 14.0. The van der Waals surface area contributed by atoms with Crippen LogP contribution in [0.25, 0.3) is 0 Å². The van der Waals surface area contributed by atoms with Crippen LogP contribution in [0.5, 0.6) is 0 Å². The van der Waals surface area contributed by atoms with Gasteiger partial charge in [-0.2, -0.15) is 0 Å². The second kappa shape index (κ2) is 10.9. The molecule has 0 bridgehead atoms. The van der Waals surface area contributed by atoms with E-state index in [2.05, 4.69) is 20.5 Å². The van der Waals surface area contributed by atoms with Crippen LogP contribution in [0, 0.1) is 5.82 Å². The monoisotopic (exact) mass is 554 g/mol. The first-order valence-electron chi connectivity index (χ1n) is 10.1. The topological polar surface area (TPSA) is 83.0 Å². The Balaban J connectivity index is 0.00000320. The van der Waals surface area contributed by atoms with Gasteiger partial charge < -0.3 is 20.3 Å². The lowest BCUT2D eigenvalue weighted by Gasteiger charge is -2.37. The molecule has 2 aliphatic heterocycles. The Labute approximate surface area is 195 Å². The first kappa shape index (κ1) is 25.1. The minimum Gasteiger partial charge on any atom is -0.381 e. The van der Waals surface area contributed by atoms with Gasteiger partial charge in [-0.15, -0.1) is 24.0 Å². The standard InChI is InChI=1S/C20H31FN4O3S.HI/c1-22-19(23-15-20(29(2,26)27)8-12-28-13-9-20)24-17-6-10-25(11-7-17)18-5-3-4-16(21)14-18;/h3-5,14,17H,6-13,15H2,1-2H3,(H2,22,23,24);1H. The predicted molar refractivity (Wildman–Crippen MR) is 129 cm³/mol. The van der Waals surface area contributed by atoms with Crippen molar-refractivity contribution >= 4 is 45.5 Å². The molecule has 2 saturated heterocycles. The van der Waals surface area contributed by atoms with E-state index in [0.717, 1.165) is 31.6 Å². The van der Waals surface area contributed by atoms with Crippen molar-refractivity contribution in [3.05, 3.63) is 30.1 Å². The number of hydrogen-bond donors (Lipinski definition) is 2. The average molecular weight is 554 g/mol. The van der Waals surface area contributed by atoms with Gasteiger partial charge in [0.05, 0.1) is 4.75 Å². The number of nitrogens with zero attached hydrogens (tertiary/aromatic N) is 2. The van der Waals surface area contributed by atoms with Gasteiger partial charge in [-0.25, -0.2) is 12.8 Å². The number of benzene rings is 1. The number of sulfone groups is 1. The van der Waals surface area contributed by atoms with Gasteiger partial charge in [-0.3, -0.25) is 4.99 Å². The summed E-state index contributed by atoms with van der Waals surface area (Å²) in [7, 11) is -1.54. The van der Waals surface area contributed by atoms with Gasteiger partial charge in [0.1, 0.15) is 5.82 Å². The van der Waals surface area contributed by atoms with Gasteiger partial charge >= 0.3 is 0 Å². The van der Waals surface area contributed by atoms with Crippen molar-refractivity contribution in [3.63, 3.8) is 0 Å². The maximum atomic E-state index is 13.5. The Morgan fingerprint density at radius 2 is 1.97 bits per heavy atom.